The van der Waals surface area contributed by atoms with E-state index in [1.54, 1.807) is 4.90 Å². The summed E-state index contributed by atoms with van der Waals surface area (Å²) in [4.78, 5) is 36.9. The fraction of sp³-hybridized carbons (Fsp3) is 0.812. The molecule has 2 amide bonds. The van der Waals surface area contributed by atoms with Crippen molar-refractivity contribution in [3.05, 3.63) is 0 Å². The fourth-order valence-electron chi connectivity index (χ4n) is 2.60. The Kier molecular flexibility index (Phi) is 6.38. The highest BCUT2D eigenvalue weighted by atomic mass is 16.5. The molecule has 0 aliphatic carbocycles. The average molecular weight is 312 g/mol. The van der Waals surface area contributed by atoms with Crippen molar-refractivity contribution in [2.75, 3.05) is 20.2 Å². The molecular formula is C16H28N2O4. The third-order valence-corrected chi connectivity index (χ3v) is 3.98. The Morgan fingerprint density at radius 3 is 2.36 bits per heavy atom. The normalized spacial score (nSPS) is 22.1. The molecule has 1 rings (SSSR count). The van der Waals surface area contributed by atoms with Crippen molar-refractivity contribution >= 4 is 17.8 Å². The number of esters is 1. The molecule has 0 spiro atoms. The van der Waals surface area contributed by atoms with Crippen LogP contribution in [0.5, 0.6) is 0 Å². The second kappa shape index (κ2) is 7.61. The number of carbonyl (C=O) groups excluding carboxylic acids is 3. The van der Waals surface area contributed by atoms with E-state index in [-0.39, 0.29) is 29.7 Å². The molecular weight excluding hydrogens is 284 g/mol. The van der Waals surface area contributed by atoms with Gasteiger partial charge in [0.15, 0.2) is 0 Å². The van der Waals surface area contributed by atoms with Crippen LogP contribution in [0.15, 0.2) is 0 Å². The Balaban J connectivity index is 2.66. The highest BCUT2D eigenvalue weighted by molar-refractivity contribution is 5.81. The van der Waals surface area contributed by atoms with Crippen molar-refractivity contribution in [1.82, 2.24) is 10.2 Å². The van der Waals surface area contributed by atoms with Crippen molar-refractivity contribution in [3.8, 4) is 0 Å². The maximum Gasteiger partial charge on any atom is 0.305 e. The highest BCUT2D eigenvalue weighted by Crippen LogP contribution is 2.23. The van der Waals surface area contributed by atoms with E-state index < -0.39 is 5.41 Å². The van der Waals surface area contributed by atoms with Gasteiger partial charge in [-0.25, -0.2) is 0 Å². The molecule has 6 heteroatoms. The van der Waals surface area contributed by atoms with Gasteiger partial charge in [-0.1, -0.05) is 20.8 Å². The van der Waals surface area contributed by atoms with Crippen LogP contribution >= 0.6 is 0 Å². The number of amides is 2. The summed E-state index contributed by atoms with van der Waals surface area (Å²) in [6.45, 7) is 8.29. The van der Waals surface area contributed by atoms with Crippen LogP contribution in [-0.4, -0.2) is 48.9 Å². The van der Waals surface area contributed by atoms with Crippen LogP contribution in [0.1, 0.15) is 47.0 Å². The van der Waals surface area contributed by atoms with E-state index in [2.05, 4.69) is 10.1 Å². The SMILES string of the molecule is COC(=O)CCC1CC(NC(=O)C(C)(C)C)CN(C(C)=O)C1. The minimum Gasteiger partial charge on any atom is -0.469 e. The molecule has 2 unspecified atom stereocenters. The topological polar surface area (TPSA) is 75.7 Å². The van der Waals surface area contributed by atoms with Gasteiger partial charge in [-0.05, 0) is 18.8 Å². The number of hydrogen-bond acceptors (Lipinski definition) is 4. The lowest BCUT2D eigenvalue weighted by Gasteiger charge is -2.38. The second-order valence-corrected chi connectivity index (χ2v) is 7.06. The molecule has 126 valence electrons. The zero-order valence-electron chi connectivity index (χ0n) is 14.3. The first-order valence-corrected chi connectivity index (χ1v) is 7.76. The summed E-state index contributed by atoms with van der Waals surface area (Å²) >= 11 is 0. The van der Waals surface area contributed by atoms with Crippen molar-refractivity contribution in [2.45, 2.75) is 53.0 Å². The number of nitrogens with one attached hydrogen (secondary N) is 1. The van der Waals surface area contributed by atoms with Crippen LogP contribution in [-0.2, 0) is 19.1 Å². The zero-order valence-corrected chi connectivity index (χ0v) is 14.3. The molecule has 0 aromatic heterocycles. The first-order valence-electron chi connectivity index (χ1n) is 7.76. The van der Waals surface area contributed by atoms with Crippen LogP contribution in [0.25, 0.3) is 0 Å². The molecule has 0 saturated carbocycles. The van der Waals surface area contributed by atoms with Gasteiger partial charge in [-0.15, -0.1) is 0 Å². The molecule has 2 atom stereocenters. The largest absolute Gasteiger partial charge is 0.469 e. The molecule has 1 aliphatic rings. The number of rotatable bonds is 4. The van der Waals surface area contributed by atoms with E-state index in [0.29, 0.717) is 25.9 Å². The van der Waals surface area contributed by atoms with Crippen molar-refractivity contribution in [3.63, 3.8) is 0 Å². The summed E-state index contributed by atoms with van der Waals surface area (Å²) in [5.74, 6) is -0.0651. The predicted molar refractivity (Wildman–Crippen MR) is 83.0 cm³/mol. The molecule has 1 fully saturated rings. The maximum absolute atomic E-state index is 12.1. The number of methoxy groups -OCH3 is 1. The Morgan fingerprint density at radius 1 is 1.23 bits per heavy atom. The number of hydrogen-bond donors (Lipinski definition) is 1. The number of likely N-dealkylation sites (tertiary alicyclic amines) is 1. The minimum atomic E-state index is -0.458. The predicted octanol–water partition coefficient (Wildman–Crippen LogP) is 1.34. The number of nitrogens with zero attached hydrogens (tertiary/aromatic N) is 1. The number of ether oxygens (including phenoxy) is 1. The van der Waals surface area contributed by atoms with Gasteiger partial charge in [-0.3, -0.25) is 14.4 Å². The van der Waals surface area contributed by atoms with Crippen LogP contribution in [0.2, 0.25) is 0 Å². The maximum atomic E-state index is 12.1. The fourth-order valence-corrected chi connectivity index (χ4v) is 2.60. The quantitative estimate of drug-likeness (QED) is 0.795. The van der Waals surface area contributed by atoms with Gasteiger partial charge in [-0.2, -0.15) is 0 Å². The highest BCUT2D eigenvalue weighted by Gasteiger charge is 2.32. The Bertz CT molecular complexity index is 428. The summed E-state index contributed by atoms with van der Waals surface area (Å²) in [5.41, 5.74) is -0.458. The van der Waals surface area contributed by atoms with Gasteiger partial charge < -0.3 is 15.0 Å². The summed E-state index contributed by atoms with van der Waals surface area (Å²) in [5, 5.41) is 3.03. The number of carbonyl (C=O) groups is 3. The van der Waals surface area contributed by atoms with Gasteiger partial charge in [0.2, 0.25) is 11.8 Å². The third kappa shape index (κ3) is 5.66. The standard InChI is InChI=1S/C16H28N2O4/c1-11(19)18-9-12(6-7-14(20)22-5)8-13(10-18)17-15(21)16(2,3)4/h12-13H,6-10H2,1-5H3,(H,17,21). The Hall–Kier alpha value is -1.59. The third-order valence-electron chi connectivity index (χ3n) is 3.98. The molecule has 22 heavy (non-hydrogen) atoms. The molecule has 0 bridgehead atoms. The van der Waals surface area contributed by atoms with Gasteiger partial charge >= 0.3 is 5.97 Å². The van der Waals surface area contributed by atoms with Crippen LogP contribution in [0, 0.1) is 11.3 Å². The molecule has 1 aliphatic heterocycles. The monoisotopic (exact) mass is 312 g/mol. The lowest BCUT2D eigenvalue weighted by Crippen LogP contribution is -2.53. The van der Waals surface area contributed by atoms with E-state index >= 15 is 0 Å². The van der Waals surface area contributed by atoms with Crippen LogP contribution in [0.3, 0.4) is 0 Å². The Morgan fingerprint density at radius 2 is 1.86 bits per heavy atom. The molecule has 1 N–H and O–H groups in total. The van der Waals surface area contributed by atoms with Crippen LogP contribution < -0.4 is 5.32 Å². The van der Waals surface area contributed by atoms with Crippen molar-refractivity contribution in [1.29, 1.82) is 0 Å². The minimum absolute atomic E-state index is 0.00206. The van der Waals surface area contributed by atoms with E-state index in [1.165, 1.54) is 14.0 Å². The summed E-state index contributed by atoms with van der Waals surface area (Å²) in [6.07, 6.45) is 1.79. The molecule has 6 nitrogen and oxygen atoms in total. The van der Waals surface area contributed by atoms with Crippen molar-refractivity contribution in [2.24, 2.45) is 11.3 Å². The second-order valence-electron chi connectivity index (χ2n) is 7.06. The first kappa shape index (κ1) is 18.5. The molecule has 1 saturated heterocycles. The van der Waals surface area contributed by atoms with E-state index in [1.807, 2.05) is 20.8 Å². The molecule has 0 aromatic carbocycles. The van der Waals surface area contributed by atoms with Crippen LogP contribution in [0.4, 0.5) is 0 Å². The summed E-state index contributed by atoms with van der Waals surface area (Å²) in [7, 11) is 1.37. The van der Waals surface area contributed by atoms with Gasteiger partial charge in [0, 0.05) is 37.9 Å². The lowest BCUT2D eigenvalue weighted by molar-refractivity contribution is -0.141. The molecule has 0 radical (unpaired) electrons. The van der Waals surface area contributed by atoms with Crippen molar-refractivity contribution < 1.29 is 19.1 Å². The van der Waals surface area contributed by atoms with E-state index in [0.717, 1.165) is 6.42 Å². The molecule has 1 heterocycles. The average Bonchev–Trinajstić information content (AvgIpc) is 2.43. The molecule has 0 aromatic rings. The lowest BCUT2D eigenvalue weighted by atomic mass is 9.88. The summed E-state index contributed by atoms with van der Waals surface area (Å²) < 4.78 is 4.66. The van der Waals surface area contributed by atoms with Gasteiger partial charge in [0.05, 0.1) is 7.11 Å². The van der Waals surface area contributed by atoms with E-state index in [4.69, 9.17) is 0 Å². The Labute approximate surface area is 132 Å². The smallest absolute Gasteiger partial charge is 0.305 e. The summed E-state index contributed by atoms with van der Waals surface area (Å²) in [6, 6.07) is -0.0629. The number of piperidine rings is 1. The van der Waals surface area contributed by atoms with E-state index in [9.17, 15) is 14.4 Å². The van der Waals surface area contributed by atoms with Gasteiger partial charge in [0.25, 0.3) is 0 Å². The van der Waals surface area contributed by atoms with Gasteiger partial charge in [0.1, 0.15) is 0 Å². The zero-order chi connectivity index (χ0) is 16.9. The first-order chi connectivity index (χ1) is 10.1.